The lowest BCUT2D eigenvalue weighted by Gasteiger charge is -2.18. The first kappa shape index (κ1) is 13.7. The van der Waals surface area contributed by atoms with E-state index in [2.05, 4.69) is 5.32 Å². The summed E-state index contributed by atoms with van der Waals surface area (Å²) in [6.07, 6.45) is 4.51. The average molecular weight is 240 g/mol. The molecule has 0 aliphatic heterocycles. The summed E-state index contributed by atoms with van der Waals surface area (Å²) in [4.78, 5) is 22.8. The summed E-state index contributed by atoms with van der Waals surface area (Å²) in [6.45, 7) is 3.85. The van der Waals surface area contributed by atoms with Gasteiger partial charge in [-0.25, -0.2) is 4.79 Å². The Morgan fingerprint density at radius 2 is 2.12 bits per heavy atom. The second-order valence-corrected chi connectivity index (χ2v) is 4.92. The van der Waals surface area contributed by atoms with Crippen LogP contribution in [0.15, 0.2) is 12.2 Å². The van der Waals surface area contributed by atoms with E-state index < -0.39 is 12.0 Å². The molecular formula is C12H20N2O3. The topological polar surface area (TPSA) is 92.4 Å². The summed E-state index contributed by atoms with van der Waals surface area (Å²) in [7, 11) is 0. The Kier molecular flexibility index (Phi) is 4.69. The third-order valence-corrected chi connectivity index (χ3v) is 2.78. The third kappa shape index (κ3) is 4.19. The minimum absolute atomic E-state index is 0.0980. The van der Waals surface area contributed by atoms with Crippen molar-refractivity contribution in [1.29, 1.82) is 0 Å². The van der Waals surface area contributed by atoms with E-state index in [1.807, 2.05) is 13.8 Å². The molecule has 0 heterocycles. The minimum atomic E-state index is -0.988. The molecule has 2 unspecified atom stereocenters. The van der Waals surface area contributed by atoms with Gasteiger partial charge < -0.3 is 16.2 Å². The van der Waals surface area contributed by atoms with Crippen molar-refractivity contribution in [3.8, 4) is 0 Å². The smallest absolute Gasteiger partial charge is 0.326 e. The van der Waals surface area contributed by atoms with E-state index in [0.29, 0.717) is 12.8 Å². The molecule has 4 N–H and O–H groups in total. The Bertz CT molecular complexity index is 326. The Balaban J connectivity index is 2.52. The minimum Gasteiger partial charge on any atom is -0.480 e. The maximum Gasteiger partial charge on any atom is 0.326 e. The monoisotopic (exact) mass is 240 g/mol. The zero-order chi connectivity index (χ0) is 13.0. The number of carboxylic acids is 1. The van der Waals surface area contributed by atoms with E-state index in [9.17, 15) is 9.59 Å². The number of nitrogens with two attached hydrogens (primary N) is 1. The highest BCUT2D eigenvalue weighted by Gasteiger charge is 2.27. The summed E-state index contributed by atoms with van der Waals surface area (Å²) < 4.78 is 0. The van der Waals surface area contributed by atoms with Crippen LogP contribution in [0.1, 0.15) is 26.7 Å². The molecule has 0 aromatic rings. The van der Waals surface area contributed by atoms with Crippen molar-refractivity contribution in [2.24, 2.45) is 17.6 Å². The van der Waals surface area contributed by atoms with Crippen LogP contribution in [0.25, 0.3) is 0 Å². The summed E-state index contributed by atoms with van der Waals surface area (Å²) in [5.41, 5.74) is 5.65. The zero-order valence-corrected chi connectivity index (χ0v) is 10.2. The highest BCUT2D eigenvalue weighted by atomic mass is 16.4. The average Bonchev–Trinajstić information content (AvgIpc) is 2.63. The summed E-state index contributed by atoms with van der Waals surface area (Å²) in [6, 6.07) is -0.910. The molecule has 96 valence electrons. The molecule has 1 aliphatic rings. The van der Waals surface area contributed by atoms with Crippen molar-refractivity contribution in [3.05, 3.63) is 12.2 Å². The Morgan fingerprint density at radius 1 is 1.47 bits per heavy atom. The molecule has 1 rings (SSSR count). The maximum atomic E-state index is 11.8. The molecule has 5 heteroatoms. The van der Waals surface area contributed by atoms with Gasteiger partial charge >= 0.3 is 5.97 Å². The molecule has 0 saturated carbocycles. The van der Waals surface area contributed by atoms with Crippen LogP contribution in [-0.4, -0.2) is 29.1 Å². The number of nitrogens with one attached hydrogen (secondary N) is 1. The van der Waals surface area contributed by atoms with Crippen LogP contribution in [-0.2, 0) is 9.59 Å². The van der Waals surface area contributed by atoms with Gasteiger partial charge in [-0.05, 0) is 18.8 Å². The highest BCUT2D eigenvalue weighted by Crippen LogP contribution is 2.17. The first-order chi connectivity index (χ1) is 7.90. The number of rotatable bonds is 5. The van der Waals surface area contributed by atoms with Crippen molar-refractivity contribution in [1.82, 2.24) is 5.32 Å². The lowest BCUT2D eigenvalue weighted by molar-refractivity contribution is -0.142. The number of amides is 1. The van der Waals surface area contributed by atoms with Crippen LogP contribution in [0.5, 0.6) is 0 Å². The van der Waals surface area contributed by atoms with E-state index in [1.165, 1.54) is 0 Å². The van der Waals surface area contributed by atoms with Crippen molar-refractivity contribution in [3.63, 3.8) is 0 Å². The molecule has 1 amide bonds. The molecule has 0 fully saturated rings. The number of aliphatic carboxylic acids is 1. The number of hydrogen-bond acceptors (Lipinski definition) is 3. The second kappa shape index (κ2) is 5.82. The lowest BCUT2D eigenvalue weighted by Crippen LogP contribution is -2.44. The molecule has 0 radical (unpaired) electrons. The molecule has 0 spiro atoms. The van der Waals surface area contributed by atoms with Gasteiger partial charge in [-0.15, -0.1) is 0 Å². The first-order valence-electron chi connectivity index (χ1n) is 5.87. The predicted molar refractivity (Wildman–Crippen MR) is 64.2 cm³/mol. The first-order valence-corrected chi connectivity index (χ1v) is 5.87. The normalized spacial score (nSPS) is 24.9. The fourth-order valence-electron chi connectivity index (χ4n) is 1.89. The Morgan fingerprint density at radius 3 is 2.53 bits per heavy atom. The van der Waals surface area contributed by atoms with Crippen molar-refractivity contribution in [2.75, 3.05) is 0 Å². The number of carboxylic acid groups (broad SMARTS) is 1. The van der Waals surface area contributed by atoms with E-state index in [4.69, 9.17) is 10.8 Å². The lowest BCUT2D eigenvalue weighted by atomic mass is 10.0. The molecule has 1 aliphatic carbocycles. The molecule has 17 heavy (non-hydrogen) atoms. The molecule has 0 aromatic carbocycles. The van der Waals surface area contributed by atoms with Crippen LogP contribution >= 0.6 is 0 Å². The van der Waals surface area contributed by atoms with E-state index in [1.54, 1.807) is 12.2 Å². The van der Waals surface area contributed by atoms with Gasteiger partial charge in [0.2, 0.25) is 5.91 Å². The van der Waals surface area contributed by atoms with Crippen LogP contribution < -0.4 is 11.1 Å². The number of carbonyl (C=O) groups excluding carboxylic acids is 1. The molecule has 0 bridgehead atoms. The van der Waals surface area contributed by atoms with Crippen LogP contribution in [0, 0.1) is 11.8 Å². The van der Waals surface area contributed by atoms with Gasteiger partial charge in [-0.2, -0.15) is 0 Å². The summed E-state index contributed by atoms with van der Waals surface area (Å²) in [5.74, 6) is -1.31. The van der Waals surface area contributed by atoms with Crippen LogP contribution in [0.2, 0.25) is 0 Å². The SMILES string of the molecule is CC(C)C[C@H](NC(=O)C1C=CC(N)C1)C(=O)O. The fraction of sp³-hybridized carbons (Fsp3) is 0.667. The summed E-state index contributed by atoms with van der Waals surface area (Å²) >= 11 is 0. The van der Waals surface area contributed by atoms with Gasteiger partial charge in [0.05, 0.1) is 5.92 Å². The van der Waals surface area contributed by atoms with Crippen LogP contribution in [0.4, 0.5) is 0 Å². The molecule has 5 nitrogen and oxygen atoms in total. The van der Waals surface area contributed by atoms with Gasteiger partial charge in [-0.1, -0.05) is 26.0 Å². The zero-order valence-electron chi connectivity index (χ0n) is 10.2. The van der Waals surface area contributed by atoms with Crippen molar-refractivity contribution in [2.45, 2.75) is 38.8 Å². The maximum absolute atomic E-state index is 11.8. The van der Waals surface area contributed by atoms with Gasteiger partial charge in [0.25, 0.3) is 0 Å². The van der Waals surface area contributed by atoms with Crippen molar-refractivity contribution >= 4 is 11.9 Å². The van der Waals surface area contributed by atoms with Crippen molar-refractivity contribution < 1.29 is 14.7 Å². The molecule has 0 saturated heterocycles. The summed E-state index contributed by atoms with van der Waals surface area (Å²) in [5, 5.41) is 11.6. The fourth-order valence-corrected chi connectivity index (χ4v) is 1.89. The number of hydrogen-bond donors (Lipinski definition) is 3. The molecule has 0 aromatic heterocycles. The third-order valence-electron chi connectivity index (χ3n) is 2.78. The number of carbonyl (C=O) groups is 2. The van der Waals surface area contributed by atoms with Crippen LogP contribution in [0.3, 0.4) is 0 Å². The van der Waals surface area contributed by atoms with Gasteiger partial charge in [0.1, 0.15) is 6.04 Å². The van der Waals surface area contributed by atoms with E-state index in [-0.39, 0.29) is 23.8 Å². The molecular weight excluding hydrogens is 220 g/mol. The second-order valence-electron chi connectivity index (χ2n) is 4.92. The Labute approximate surface area is 101 Å². The van der Waals surface area contributed by atoms with Gasteiger partial charge in [-0.3, -0.25) is 4.79 Å². The largest absolute Gasteiger partial charge is 0.480 e. The highest BCUT2D eigenvalue weighted by molar-refractivity contribution is 5.86. The quantitative estimate of drug-likeness (QED) is 0.610. The van der Waals surface area contributed by atoms with E-state index >= 15 is 0 Å². The molecule has 3 atom stereocenters. The predicted octanol–water partition coefficient (Wildman–Crippen LogP) is 0.505. The van der Waals surface area contributed by atoms with Gasteiger partial charge in [0, 0.05) is 6.04 Å². The standard InChI is InChI=1S/C12H20N2O3/c1-7(2)5-10(12(16)17)14-11(15)8-3-4-9(13)6-8/h3-4,7-10H,5-6,13H2,1-2H3,(H,14,15)(H,16,17)/t8?,9?,10-/m0/s1. The Hall–Kier alpha value is -1.36. The van der Waals surface area contributed by atoms with E-state index in [0.717, 1.165) is 0 Å². The van der Waals surface area contributed by atoms with Gasteiger partial charge in [0.15, 0.2) is 0 Å².